The van der Waals surface area contributed by atoms with Gasteiger partial charge in [0, 0.05) is 6.07 Å². The van der Waals surface area contributed by atoms with Gasteiger partial charge < -0.3 is 10.5 Å². The molecule has 0 aliphatic heterocycles. The summed E-state index contributed by atoms with van der Waals surface area (Å²) in [5, 5.41) is 3.06. The van der Waals surface area contributed by atoms with Gasteiger partial charge in [-0.15, -0.1) is 9.97 Å². The molecule has 0 atom stereocenters. The Morgan fingerprint density at radius 2 is 1.90 bits per heavy atom. The van der Waals surface area contributed by atoms with E-state index in [-0.39, 0.29) is 0 Å². The van der Waals surface area contributed by atoms with Gasteiger partial charge in [-0.05, 0) is 32.9 Å². The third-order valence-electron chi connectivity index (χ3n) is 2.68. The first-order chi connectivity index (χ1) is 10.1. The van der Waals surface area contributed by atoms with E-state index in [0.717, 1.165) is 22.8 Å². The largest absolute Gasteiger partial charge is 0.491 e. The maximum Gasteiger partial charge on any atom is 0.354 e. The van der Waals surface area contributed by atoms with Crippen molar-refractivity contribution in [2.45, 2.75) is 20.8 Å². The average Bonchev–Trinajstić information content (AvgIpc) is 2.40. The van der Waals surface area contributed by atoms with Crippen LogP contribution in [0.5, 0.6) is 5.75 Å². The third kappa shape index (κ3) is 4.17. The molecule has 0 aliphatic rings. The van der Waals surface area contributed by atoms with Gasteiger partial charge in [0.1, 0.15) is 5.69 Å². The molecule has 2 rings (SSSR count). The second-order valence-corrected chi connectivity index (χ2v) is 4.57. The Kier molecular flexibility index (Phi) is 4.71. The van der Waals surface area contributed by atoms with Crippen molar-refractivity contribution in [3.8, 4) is 5.75 Å². The van der Waals surface area contributed by atoms with Gasteiger partial charge in [-0.25, -0.2) is 4.99 Å². The van der Waals surface area contributed by atoms with Gasteiger partial charge in [0.15, 0.2) is 5.75 Å². The second kappa shape index (κ2) is 6.69. The van der Waals surface area contributed by atoms with Crippen LogP contribution in [0.3, 0.4) is 0 Å². The van der Waals surface area contributed by atoms with Crippen LogP contribution in [0.1, 0.15) is 18.3 Å². The molecule has 0 saturated heterocycles. The van der Waals surface area contributed by atoms with Gasteiger partial charge in [-0.2, -0.15) is 0 Å². The van der Waals surface area contributed by atoms with Gasteiger partial charge in [-0.1, -0.05) is 12.1 Å². The lowest BCUT2D eigenvalue weighted by Gasteiger charge is -2.08. The summed E-state index contributed by atoms with van der Waals surface area (Å²) in [5.74, 6) is 1.55. The van der Waals surface area contributed by atoms with Crippen molar-refractivity contribution in [3.05, 3.63) is 41.7 Å². The third-order valence-corrected chi connectivity index (χ3v) is 2.68. The summed E-state index contributed by atoms with van der Waals surface area (Å²) >= 11 is 0. The number of benzene rings is 1. The minimum atomic E-state index is 0.340. The van der Waals surface area contributed by atoms with Gasteiger partial charge >= 0.3 is 5.95 Å². The molecule has 0 bridgehead atoms. The van der Waals surface area contributed by atoms with Crippen LogP contribution in [0.15, 0.2) is 30.3 Å². The van der Waals surface area contributed by atoms with E-state index in [1.54, 1.807) is 0 Å². The highest BCUT2D eigenvalue weighted by Gasteiger charge is 2.08. The van der Waals surface area contributed by atoms with Crippen LogP contribution in [0.25, 0.3) is 0 Å². The lowest BCUT2D eigenvalue weighted by atomic mass is 10.3. The highest BCUT2D eigenvalue weighted by atomic mass is 16.5. The number of guanidine groups is 1. The number of aromatic nitrogens is 2. The summed E-state index contributed by atoms with van der Waals surface area (Å²) in [6.45, 7) is 6.35. The summed E-state index contributed by atoms with van der Waals surface area (Å²) in [6.07, 6.45) is 0. The number of ether oxygens (including phenoxy) is 1. The van der Waals surface area contributed by atoms with E-state index in [9.17, 15) is 0 Å². The highest BCUT2D eigenvalue weighted by molar-refractivity contribution is 5.89. The molecule has 0 spiro atoms. The van der Waals surface area contributed by atoms with Crippen LogP contribution in [0.4, 0.5) is 11.6 Å². The summed E-state index contributed by atoms with van der Waals surface area (Å²) in [6, 6.07) is 9.49. The Bertz CT molecular complexity index is 634. The molecule has 0 amide bonds. The maximum absolute atomic E-state index is 5.96. The van der Waals surface area contributed by atoms with Crippen LogP contribution < -0.4 is 20.8 Å². The zero-order valence-electron chi connectivity index (χ0n) is 12.5. The molecule has 0 aliphatic carbocycles. The predicted octanol–water partition coefficient (Wildman–Crippen LogP) is 0.631. The van der Waals surface area contributed by atoms with E-state index >= 15 is 0 Å². The molecular weight excluding hydrogens is 266 g/mol. The van der Waals surface area contributed by atoms with E-state index in [4.69, 9.17) is 10.5 Å². The molecule has 110 valence electrons. The molecule has 0 unspecified atom stereocenters. The normalized spacial score (nSPS) is 11.3. The number of anilines is 1. The minimum Gasteiger partial charge on any atom is -0.491 e. The predicted molar refractivity (Wildman–Crippen MR) is 82.6 cm³/mol. The van der Waals surface area contributed by atoms with Gasteiger partial charge in [-0.3, -0.25) is 5.32 Å². The first-order valence-corrected chi connectivity index (χ1v) is 6.79. The number of para-hydroxylation sites is 2. The number of rotatable bonds is 4. The zero-order chi connectivity index (χ0) is 15.2. The molecule has 1 heterocycles. The van der Waals surface area contributed by atoms with E-state index in [0.29, 0.717) is 18.5 Å². The van der Waals surface area contributed by atoms with E-state index in [2.05, 4.69) is 20.3 Å². The Balaban J connectivity index is 2.21. The Labute approximate surface area is 124 Å². The number of aryl methyl sites for hydroxylation is 2. The molecule has 0 fully saturated rings. The smallest absolute Gasteiger partial charge is 0.354 e. The first kappa shape index (κ1) is 14.8. The topological polar surface area (TPSA) is 87.0 Å². The second-order valence-electron chi connectivity index (χ2n) is 4.57. The maximum atomic E-state index is 5.96. The van der Waals surface area contributed by atoms with Crippen LogP contribution in [0.2, 0.25) is 0 Å². The lowest BCUT2D eigenvalue weighted by molar-refractivity contribution is -0.365. The lowest BCUT2D eigenvalue weighted by Crippen LogP contribution is -2.72. The molecule has 1 aromatic carbocycles. The standard InChI is InChI=1S/C15H19N5O/c1-4-21-13-8-6-5-7-12(13)19-14(16)20-15-17-10(2)9-11(3)18-15/h5-9H,4H2,1-3H3,(H3,16,17,18,19,20)/p+1. The molecule has 0 radical (unpaired) electrons. The van der Waals surface area contributed by atoms with Crippen molar-refractivity contribution in [3.63, 3.8) is 0 Å². The van der Waals surface area contributed by atoms with Gasteiger partial charge in [0.05, 0.1) is 18.0 Å². The fraction of sp³-hybridized carbons (Fsp3) is 0.267. The van der Waals surface area contributed by atoms with Crippen LogP contribution in [-0.4, -0.2) is 22.5 Å². The minimum absolute atomic E-state index is 0.340. The van der Waals surface area contributed by atoms with Crippen molar-refractivity contribution in [2.75, 3.05) is 11.9 Å². The molecule has 6 nitrogen and oxygen atoms in total. The highest BCUT2D eigenvalue weighted by Crippen LogP contribution is 2.22. The van der Waals surface area contributed by atoms with Crippen molar-refractivity contribution < 1.29 is 9.73 Å². The Morgan fingerprint density at radius 1 is 1.24 bits per heavy atom. The SMILES string of the molecule is CCOc1ccccc1NC(N)=[NH+]c1nc(C)cc(C)n1. The van der Waals surface area contributed by atoms with Crippen LogP contribution in [0, 0.1) is 13.8 Å². The first-order valence-electron chi connectivity index (χ1n) is 6.79. The molecule has 21 heavy (non-hydrogen) atoms. The van der Waals surface area contributed by atoms with E-state index in [1.807, 2.05) is 51.1 Å². The molecule has 4 N–H and O–H groups in total. The van der Waals surface area contributed by atoms with Crippen molar-refractivity contribution in [1.29, 1.82) is 0 Å². The number of nitrogens with zero attached hydrogens (tertiary/aromatic N) is 2. The van der Waals surface area contributed by atoms with Crippen LogP contribution in [-0.2, 0) is 0 Å². The summed E-state index contributed by atoms with van der Waals surface area (Å²) < 4.78 is 5.54. The average molecular weight is 286 g/mol. The van der Waals surface area contributed by atoms with Crippen molar-refractivity contribution in [2.24, 2.45) is 5.73 Å². The Hall–Kier alpha value is -2.63. The summed E-state index contributed by atoms with van der Waals surface area (Å²) in [7, 11) is 0. The van der Waals surface area contributed by atoms with Gasteiger partial charge in [0.2, 0.25) is 0 Å². The van der Waals surface area contributed by atoms with Crippen molar-refractivity contribution >= 4 is 17.6 Å². The number of nitrogens with two attached hydrogens (primary N) is 1. The number of nitrogens with one attached hydrogen (secondary N) is 2. The van der Waals surface area contributed by atoms with E-state index < -0.39 is 0 Å². The van der Waals surface area contributed by atoms with Crippen molar-refractivity contribution in [1.82, 2.24) is 9.97 Å². The molecule has 6 heteroatoms. The molecule has 2 aromatic rings. The fourth-order valence-corrected chi connectivity index (χ4v) is 1.93. The monoisotopic (exact) mass is 286 g/mol. The van der Waals surface area contributed by atoms with Crippen LogP contribution >= 0.6 is 0 Å². The summed E-state index contributed by atoms with van der Waals surface area (Å²) in [5.41, 5.74) is 8.51. The zero-order valence-corrected chi connectivity index (χ0v) is 12.5. The van der Waals surface area contributed by atoms with Gasteiger partial charge in [0.25, 0.3) is 5.96 Å². The number of hydrogen-bond donors (Lipinski definition) is 3. The summed E-state index contributed by atoms with van der Waals surface area (Å²) in [4.78, 5) is 11.5. The molecule has 0 saturated carbocycles. The Morgan fingerprint density at radius 3 is 2.57 bits per heavy atom. The molecular formula is C15H20N5O+. The fourth-order valence-electron chi connectivity index (χ4n) is 1.93. The number of hydrogen-bond acceptors (Lipinski definition) is 3. The molecule has 1 aromatic heterocycles. The quantitative estimate of drug-likeness (QED) is 0.567. The van der Waals surface area contributed by atoms with E-state index in [1.165, 1.54) is 0 Å².